The lowest BCUT2D eigenvalue weighted by atomic mass is 10.2. The van der Waals surface area contributed by atoms with Gasteiger partial charge in [-0.3, -0.25) is 4.90 Å². The zero-order valence-electron chi connectivity index (χ0n) is 14.8. The lowest BCUT2D eigenvalue weighted by Gasteiger charge is -2.29. The molecule has 0 bridgehead atoms. The van der Waals surface area contributed by atoms with E-state index in [9.17, 15) is 8.42 Å². The number of para-hydroxylation sites is 3. The molecule has 148 valence electrons. The normalized spacial score (nSPS) is 18.4. The van der Waals surface area contributed by atoms with Crippen molar-refractivity contribution in [3.05, 3.63) is 54.6 Å². The highest BCUT2D eigenvalue weighted by molar-refractivity contribution is 7.95. The van der Waals surface area contributed by atoms with Gasteiger partial charge in [0.2, 0.25) is 0 Å². The van der Waals surface area contributed by atoms with Crippen molar-refractivity contribution in [2.75, 3.05) is 47.9 Å². The van der Waals surface area contributed by atoms with Gasteiger partial charge >= 0.3 is 10.2 Å². The van der Waals surface area contributed by atoms with Crippen LogP contribution in [0.2, 0.25) is 0 Å². The molecule has 2 aliphatic heterocycles. The maximum Gasteiger partial charge on any atom is 0.331 e. The van der Waals surface area contributed by atoms with Crippen LogP contribution in [-0.4, -0.2) is 52.6 Å². The first-order valence-electron chi connectivity index (χ1n) is 8.58. The maximum atomic E-state index is 13.2. The van der Waals surface area contributed by atoms with Gasteiger partial charge in [0.1, 0.15) is 0 Å². The van der Waals surface area contributed by atoms with E-state index >= 15 is 0 Å². The van der Waals surface area contributed by atoms with E-state index in [1.807, 2.05) is 54.6 Å². The van der Waals surface area contributed by atoms with Crippen LogP contribution in [0.4, 0.5) is 17.1 Å². The number of nitrogens with zero attached hydrogens (tertiary/aromatic N) is 3. The highest BCUT2D eigenvalue weighted by Crippen LogP contribution is 2.44. The third kappa shape index (κ3) is 4.17. The fraction of sp³-hybridized carbons (Fsp3) is 0.333. The van der Waals surface area contributed by atoms with Crippen LogP contribution in [0.25, 0.3) is 0 Å². The van der Waals surface area contributed by atoms with Crippen LogP contribution in [0.1, 0.15) is 0 Å². The molecular weight excluding hydrogens is 407 g/mol. The van der Waals surface area contributed by atoms with Crippen molar-refractivity contribution in [2.24, 2.45) is 0 Å². The maximum absolute atomic E-state index is 13.2. The minimum atomic E-state index is -3.62. The van der Waals surface area contributed by atoms with E-state index in [4.69, 9.17) is 0 Å². The van der Waals surface area contributed by atoms with Gasteiger partial charge in [-0.05, 0) is 24.3 Å². The van der Waals surface area contributed by atoms with Crippen LogP contribution in [0.15, 0.2) is 54.6 Å². The quantitative estimate of drug-likeness (QED) is 0.809. The average molecular weight is 431 g/mol. The number of anilines is 3. The predicted octanol–water partition coefficient (Wildman–Crippen LogP) is 2.64. The second kappa shape index (κ2) is 9.12. The van der Waals surface area contributed by atoms with E-state index < -0.39 is 10.2 Å². The summed E-state index contributed by atoms with van der Waals surface area (Å²) in [4.78, 5) is 2.31. The fourth-order valence-corrected chi connectivity index (χ4v) is 5.14. The third-order valence-corrected chi connectivity index (χ3v) is 6.50. The number of nitrogens with one attached hydrogen (secondary N) is 1. The first kappa shape index (κ1) is 21.8. The van der Waals surface area contributed by atoms with Crippen LogP contribution in [0.5, 0.6) is 0 Å². The highest BCUT2D eigenvalue weighted by Gasteiger charge is 2.40. The summed E-state index contributed by atoms with van der Waals surface area (Å²) >= 11 is 0. The largest absolute Gasteiger partial charge is 0.331 e. The van der Waals surface area contributed by atoms with Crippen molar-refractivity contribution >= 4 is 52.1 Å². The van der Waals surface area contributed by atoms with Crippen molar-refractivity contribution < 1.29 is 8.42 Å². The SMILES string of the molecule is Cl.Cl.O=S1(=O)N(CCN2CCNCC2)c2ccccc2N1c1ccccc1. The highest BCUT2D eigenvalue weighted by atomic mass is 35.5. The van der Waals surface area contributed by atoms with Crippen molar-refractivity contribution in [1.82, 2.24) is 10.2 Å². The topological polar surface area (TPSA) is 55.9 Å². The standard InChI is InChI=1S/C18H22N4O2S.2ClH/c23-25(24)21(15-14-20-12-10-19-11-13-20)17-8-4-5-9-18(17)22(25)16-6-2-1-3-7-16;;/h1-9,19H,10-15H2;2*1H. The van der Waals surface area contributed by atoms with Gasteiger partial charge in [0.25, 0.3) is 0 Å². The van der Waals surface area contributed by atoms with Gasteiger partial charge in [0, 0.05) is 39.3 Å². The van der Waals surface area contributed by atoms with Crippen molar-refractivity contribution in [3.63, 3.8) is 0 Å². The molecule has 1 N–H and O–H groups in total. The van der Waals surface area contributed by atoms with E-state index in [1.165, 1.54) is 8.61 Å². The van der Waals surface area contributed by atoms with Gasteiger partial charge in [-0.2, -0.15) is 8.42 Å². The molecule has 2 aromatic rings. The van der Waals surface area contributed by atoms with Crippen LogP contribution in [0, 0.1) is 0 Å². The summed E-state index contributed by atoms with van der Waals surface area (Å²) < 4.78 is 29.5. The van der Waals surface area contributed by atoms with Crippen LogP contribution >= 0.6 is 24.8 Å². The molecule has 9 heteroatoms. The van der Waals surface area contributed by atoms with Gasteiger partial charge < -0.3 is 5.32 Å². The van der Waals surface area contributed by atoms with Crippen LogP contribution in [0.3, 0.4) is 0 Å². The van der Waals surface area contributed by atoms with E-state index in [0.29, 0.717) is 17.9 Å². The molecule has 1 fully saturated rings. The zero-order chi connectivity index (χ0) is 17.3. The second-order valence-corrected chi connectivity index (χ2v) is 7.96. The van der Waals surface area contributed by atoms with Gasteiger partial charge in [0.15, 0.2) is 0 Å². The molecule has 0 aliphatic carbocycles. The Morgan fingerprint density at radius 2 is 1.41 bits per heavy atom. The number of hydrogen-bond donors (Lipinski definition) is 1. The summed E-state index contributed by atoms with van der Waals surface area (Å²) in [7, 11) is -3.62. The van der Waals surface area contributed by atoms with Crippen LogP contribution < -0.4 is 13.9 Å². The van der Waals surface area contributed by atoms with Gasteiger partial charge in [0.05, 0.1) is 17.1 Å². The van der Waals surface area contributed by atoms with Crippen molar-refractivity contribution in [1.29, 1.82) is 0 Å². The molecule has 2 aliphatic rings. The van der Waals surface area contributed by atoms with E-state index in [-0.39, 0.29) is 24.8 Å². The molecule has 0 aromatic heterocycles. The predicted molar refractivity (Wildman–Crippen MR) is 115 cm³/mol. The summed E-state index contributed by atoms with van der Waals surface area (Å²) in [5, 5.41) is 3.32. The minimum absolute atomic E-state index is 0. The molecule has 6 nitrogen and oxygen atoms in total. The Morgan fingerprint density at radius 1 is 0.815 bits per heavy atom. The van der Waals surface area contributed by atoms with Crippen molar-refractivity contribution in [3.8, 4) is 0 Å². The lowest BCUT2D eigenvalue weighted by Crippen LogP contribution is -2.47. The molecular formula is C18H24Cl2N4O2S. The smallest absolute Gasteiger partial charge is 0.314 e. The summed E-state index contributed by atoms with van der Waals surface area (Å²) in [5.41, 5.74) is 2.13. The Bertz CT molecular complexity index is 845. The Balaban J connectivity index is 0.00000131. The lowest BCUT2D eigenvalue weighted by molar-refractivity contribution is 0.248. The molecule has 0 unspecified atom stereocenters. The molecule has 4 rings (SSSR count). The molecule has 27 heavy (non-hydrogen) atoms. The number of hydrogen-bond acceptors (Lipinski definition) is 4. The molecule has 0 spiro atoms. The minimum Gasteiger partial charge on any atom is -0.314 e. The third-order valence-electron chi connectivity index (χ3n) is 4.70. The monoisotopic (exact) mass is 430 g/mol. The van der Waals surface area contributed by atoms with E-state index in [2.05, 4.69) is 10.2 Å². The fourth-order valence-electron chi connectivity index (χ4n) is 3.43. The Morgan fingerprint density at radius 3 is 2.07 bits per heavy atom. The summed E-state index contributed by atoms with van der Waals surface area (Å²) in [5.74, 6) is 0. The first-order chi connectivity index (χ1) is 12.2. The molecule has 0 radical (unpaired) electrons. The molecule has 0 saturated carbocycles. The van der Waals surface area contributed by atoms with Gasteiger partial charge in [-0.25, -0.2) is 8.61 Å². The van der Waals surface area contributed by atoms with E-state index in [1.54, 1.807) is 0 Å². The first-order valence-corrected chi connectivity index (χ1v) is 9.98. The number of rotatable bonds is 4. The summed E-state index contributed by atoms with van der Waals surface area (Å²) in [6, 6.07) is 16.8. The number of halogens is 2. The number of benzene rings is 2. The molecule has 2 heterocycles. The Hall–Kier alpha value is -1.51. The molecule has 2 aromatic carbocycles. The van der Waals surface area contributed by atoms with E-state index in [0.717, 1.165) is 38.4 Å². The van der Waals surface area contributed by atoms with Gasteiger partial charge in [-0.1, -0.05) is 30.3 Å². The van der Waals surface area contributed by atoms with Crippen LogP contribution in [-0.2, 0) is 10.2 Å². The second-order valence-electron chi connectivity index (χ2n) is 6.26. The molecule has 0 atom stereocenters. The van der Waals surface area contributed by atoms with Crippen molar-refractivity contribution in [2.45, 2.75) is 0 Å². The molecule has 0 amide bonds. The zero-order valence-corrected chi connectivity index (χ0v) is 17.3. The summed E-state index contributed by atoms with van der Waals surface area (Å²) in [6.45, 7) is 5.02. The Kier molecular flexibility index (Phi) is 7.36. The number of fused-ring (bicyclic) bond motifs is 1. The van der Waals surface area contributed by atoms with Gasteiger partial charge in [-0.15, -0.1) is 24.8 Å². The Labute approximate surface area is 173 Å². The summed E-state index contributed by atoms with van der Waals surface area (Å²) in [6.07, 6.45) is 0. The molecule has 1 saturated heterocycles. The average Bonchev–Trinajstić information content (AvgIpc) is 2.87. The number of piperazine rings is 1.